The molecule has 0 bridgehead atoms. The maximum absolute atomic E-state index is 11.2. The summed E-state index contributed by atoms with van der Waals surface area (Å²) >= 11 is 5.12. The summed E-state index contributed by atoms with van der Waals surface area (Å²) in [4.78, 5) is 21.0. The Morgan fingerprint density at radius 3 is 2.57 bits per heavy atom. The first-order chi connectivity index (χ1) is 6.54. The largest absolute Gasteiger partial charge is 0.371 e. The van der Waals surface area contributed by atoms with E-state index in [2.05, 4.69) is 0 Å². The quantitative estimate of drug-likeness (QED) is 0.357. The molecule has 1 atom stereocenters. The van der Waals surface area contributed by atoms with Gasteiger partial charge in [0, 0.05) is 6.07 Å². The third-order valence-corrected chi connectivity index (χ3v) is 1.78. The summed E-state index contributed by atoms with van der Waals surface area (Å²) in [5.74, 6) is -0.876. The SMILES string of the molecule is O=C(c1ccccc1[N+](=O)[O-])C(O)Cl. The van der Waals surface area contributed by atoms with Gasteiger partial charge >= 0.3 is 0 Å². The Kier molecular flexibility index (Phi) is 3.16. The number of hydrogen-bond acceptors (Lipinski definition) is 4. The van der Waals surface area contributed by atoms with Crippen molar-refractivity contribution in [1.29, 1.82) is 0 Å². The number of carbonyl (C=O) groups excluding carboxylic acids is 1. The minimum atomic E-state index is -1.75. The Bertz CT molecular complexity index is 377. The van der Waals surface area contributed by atoms with Crippen LogP contribution in [0.5, 0.6) is 0 Å². The Morgan fingerprint density at radius 1 is 1.50 bits per heavy atom. The van der Waals surface area contributed by atoms with E-state index in [0.29, 0.717) is 0 Å². The zero-order valence-corrected chi connectivity index (χ0v) is 7.64. The first-order valence-corrected chi connectivity index (χ1v) is 4.07. The summed E-state index contributed by atoms with van der Waals surface area (Å²) in [6.45, 7) is 0. The van der Waals surface area contributed by atoms with E-state index in [-0.39, 0.29) is 11.3 Å². The number of benzene rings is 1. The van der Waals surface area contributed by atoms with Crippen molar-refractivity contribution >= 4 is 23.1 Å². The average molecular weight is 216 g/mol. The normalized spacial score (nSPS) is 12.1. The zero-order chi connectivity index (χ0) is 10.7. The first-order valence-electron chi connectivity index (χ1n) is 3.64. The zero-order valence-electron chi connectivity index (χ0n) is 6.88. The molecule has 5 nitrogen and oxygen atoms in total. The number of aliphatic hydroxyl groups excluding tert-OH is 1. The Hall–Kier alpha value is -1.46. The molecule has 1 aromatic rings. The van der Waals surface area contributed by atoms with E-state index in [0.717, 1.165) is 0 Å². The Balaban J connectivity index is 3.20. The van der Waals surface area contributed by atoms with Crippen LogP contribution in [0, 0.1) is 10.1 Å². The predicted octanol–water partition coefficient (Wildman–Crippen LogP) is 1.33. The van der Waals surface area contributed by atoms with Crippen molar-refractivity contribution in [1.82, 2.24) is 0 Å². The lowest BCUT2D eigenvalue weighted by Crippen LogP contribution is -2.15. The molecule has 0 amide bonds. The van der Waals surface area contributed by atoms with Crippen molar-refractivity contribution in [3.8, 4) is 0 Å². The second-order valence-corrected chi connectivity index (χ2v) is 2.89. The number of carbonyl (C=O) groups is 1. The van der Waals surface area contributed by atoms with Crippen LogP contribution < -0.4 is 0 Å². The van der Waals surface area contributed by atoms with Crippen molar-refractivity contribution < 1.29 is 14.8 Å². The van der Waals surface area contributed by atoms with Crippen LogP contribution >= 0.6 is 11.6 Å². The lowest BCUT2D eigenvalue weighted by Gasteiger charge is -2.01. The van der Waals surface area contributed by atoms with Gasteiger partial charge in [-0.1, -0.05) is 23.7 Å². The van der Waals surface area contributed by atoms with Gasteiger partial charge in [0.05, 0.1) is 10.5 Å². The summed E-state index contributed by atoms with van der Waals surface area (Å²) in [6, 6.07) is 5.30. The van der Waals surface area contributed by atoms with E-state index in [1.165, 1.54) is 24.3 Å². The second kappa shape index (κ2) is 4.17. The highest BCUT2D eigenvalue weighted by Gasteiger charge is 2.23. The van der Waals surface area contributed by atoms with Crippen molar-refractivity contribution in [2.24, 2.45) is 0 Å². The van der Waals surface area contributed by atoms with E-state index in [1.54, 1.807) is 0 Å². The third-order valence-electron chi connectivity index (χ3n) is 1.58. The highest BCUT2D eigenvalue weighted by atomic mass is 35.5. The monoisotopic (exact) mass is 215 g/mol. The minimum Gasteiger partial charge on any atom is -0.371 e. The fraction of sp³-hybridized carbons (Fsp3) is 0.125. The number of para-hydroxylation sites is 1. The fourth-order valence-electron chi connectivity index (χ4n) is 0.970. The van der Waals surface area contributed by atoms with Gasteiger partial charge in [-0.25, -0.2) is 0 Å². The molecule has 0 spiro atoms. The number of ketones is 1. The van der Waals surface area contributed by atoms with Gasteiger partial charge in [0.1, 0.15) is 0 Å². The average Bonchev–Trinajstić information content (AvgIpc) is 2.16. The molecule has 6 heteroatoms. The third kappa shape index (κ3) is 2.07. The molecule has 0 saturated heterocycles. The number of aliphatic hydroxyl groups is 1. The van der Waals surface area contributed by atoms with Crippen LogP contribution in [0.15, 0.2) is 24.3 Å². The van der Waals surface area contributed by atoms with E-state index < -0.39 is 16.3 Å². The van der Waals surface area contributed by atoms with E-state index in [9.17, 15) is 14.9 Å². The molecular weight excluding hydrogens is 210 g/mol. The van der Waals surface area contributed by atoms with Crippen LogP contribution in [0.3, 0.4) is 0 Å². The number of alkyl halides is 1. The van der Waals surface area contributed by atoms with Gasteiger partial charge in [-0.3, -0.25) is 14.9 Å². The number of nitro benzene ring substituents is 1. The van der Waals surface area contributed by atoms with Gasteiger partial charge < -0.3 is 5.11 Å². The molecule has 1 rings (SSSR count). The molecule has 0 aliphatic heterocycles. The summed E-state index contributed by atoms with van der Waals surface area (Å²) in [5, 5.41) is 19.3. The molecule has 0 aliphatic rings. The molecule has 1 N–H and O–H groups in total. The van der Waals surface area contributed by atoms with Gasteiger partial charge in [-0.15, -0.1) is 0 Å². The smallest absolute Gasteiger partial charge is 0.280 e. The number of Topliss-reactive ketones (excluding diaryl/α,β-unsaturated/α-hetero) is 1. The van der Waals surface area contributed by atoms with Crippen molar-refractivity contribution in [2.75, 3.05) is 0 Å². The predicted molar refractivity (Wildman–Crippen MR) is 49.3 cm³/mol. The topological polar surface area (TPSA) is 80.4 Å². The molecule has 1 aromatic carbocycles. The van der Waals surface area contributed by atoms with Crippen LogP contribution in [0.2, 0.25) is 0 Å². The van der Waals surface area contributed by atoms with Crippen molar-refractivity contribution in [3.63, 3.8) is 0 Å². The number of hydrogen-bond donors (Lipinski definition) is 1. The molecule has 0 saturated carbocycles. The highest BCUT2D eigenvalue weighted by Crippen LogP contribution is 2.19. The van der Waals surface area contributed by atoms with E-state index >= 15 is 0 Å². The number of halogens is 1. The van der Waals surface area contributed by atoms with Gasteiger partial charge in [0.15, 0.2) is 5.56 Å². The molecule has 0 fully saturated rings. The number of nitrogens with zero attached hydrogens (tertiary/aromatic N) is 1. The summed E-state index contributed by atoms with van der Waals surface area (Å²) in [7, 11) is 0. The molecule has 14 heavy (non-hydrogen) atoms. The van der Waals surface area contributed by atoms with Gasteiger partial charge in [-0.2, -0.15) is 0 Å². The highest BCUT2D eigenvalue weighted by molar-refractivity contribution is 6.33. The molecule has 0 aromatic heterocycles. The van der Waals surface area contributed by atoms with Crippen LogP contribution in [-0.4, -0.2) is 21.4 Å². The molecule has 1 unspecified atom stereocenters. The lowest BCUT2D eigenvalue weighted by molar-refractivity contribution is -0.385. The van der Waals surface area contributed by atoms with E-state index in [4.69, 9.17) is 16.7 Å². The van der Waals surface area contributed by atoms with Gasteiger partial charge in [0.2, 0.25) is 5.78 Å². The molecular formula is C8H6ClNO4. The Morgan fingerprint density at radius 2 is 2.07 bits per heavy atom. The lowest BCUT2D eigenvalue weighted by atomic mass is 10.1. The molecule has 0 heterocycles. The Labute approximate surface area is 84.1 Å². The fourth-order valence-corrected chi connectivity index (χ4v) is 1.09. The van der Waals surface area contributed by atoms with Gasteiger partial charge in [-0.05, 0) is 6.07 Å². The number of rotatable bonds is 3. The van der Waals surface area contributed by atoms with Gasteiger partial charge in [0.25, 0.3) is 5.69 Å². The van der Waals surface area contributed by atoms with E-state index in [1.807, 2.05) is 0 Å². The molecule has 0 aliphatic carbocycles. The van der Waals surface area contributed by atoms with Crippen LogP contribution in [0.4, 0.5) is 5.69 Å². The molecule has 0 radical (unpaired) electrons. The summed E-state index contributed by atoms with van der Waals surface area (Å²) in [5.41, 5.74) is -2.31. The van der Waals surface area contributed by atoms with Crippen LogP contribution in [0.25, 0.3) is 0 Å². The second-order valence-electron chi connectivity index (χ2n) is 2.47. The minimum absolute atomic E-state index is 0.194. The first kappa shape index (κ1) is 10.6. The number of nitro groups is 1. The maximum Gasteiger partial charge on any atom is 0.280 e. The summed E-state index contributed by atoms with van der Waals surface area (Å²) in [6.07, 6.45) is 0. The standard InChI is InChI=1S/C8H6ClNO4/c9-8(12)7(11)5-3-1-2-4-6(5)10(13)14/h1-4,8,12H. The van der Waals surface area contributed by atoms with Crippen molar-refractivity contribution in [3.05, 3.63) is 39.9 Å². The van der Waals surface area contributed by atoms with Crippen molar-refractivity contribution in [2.45, 2.75) is 5.56 Å². The van der Waals surface area contributed by atoms with Crippen LogP contribution in [-0.2, 0) is 0 Å². The molecule has 74 valence electrons. The maximum atomic E-state index is 11.2. The summed E-state index contributed by atoms with van der Waals surface area (Å²) < 4.78 is 0. The van der Waals surface area contributed by atoms with Crippen LogP contribution in [0.1, 0.15) is 10.4 Å².